The highest BCUT2D eigenvalue weighted by atomic mass is 32.2. The molecule has 29 heavy (non-hydrogen) atoms. The minimum absolute atomic E-state index is 0.214. The van der Waals surface area contributed by atoms with Gasteiger partial charge in [-0.25, -0.2) is 4.72 Å². The Balaban J connectivity index is 1.89. The largest absolute Gasteiger partial charge is 0.416 e. The van der Waals surface area contributed by atoms with Crippen molar-refractivity contribution in [1.82, 2.24) is 13.6 Å². The lowest BCUT2D eigenvalue weighted by Crippen LogP contribution is -2.42. The molecule has 0 spiro atoms. The number of alkyl halides is 3. The van der Waals surface area contributed by atoms with Crippen molar-refractivity contribution in [3.63, 3.8) is 0 Å². The first-order chi connectivity index (χ1) is 13.6. The van der Waals surface area contributed by atoms with Crippen molar-refractivity contribution in [2.24, 2.45) is 0 Å². The van der Waals surface area contributed by atoms with Gasteiger partial charge in [0.2, 0.25) is 0 Å². The molecule has 5 nitrogen and oxygen atoms in total. The fraction of sp³-hybridized carbons (Fsp3) is 0.300. The molecule has 1 aliphatic heterocycles. The molecule has 0 fully saturated rings. The molecule has 1 aliphatic rings. The van der Waals surface area contributed by atoms with Gasteiger partial charge in [-0.05, 0) is 48.9 Å². The highest BCUT2D eigenvalue weighted by Crippen LogP contribution is 2.36. The van der Waals surface area contributed by atoms with Gasteiger partial charge >= 0.3 is 6.18 Å². The molecule has 0 unspecified atom stereocenters. The maximum atomic E-state index is 12.9. The van der Waals surface area contributed by atoms with Gasteiger partial charge in [0, 0.05) is 43.3 Å². The van der Waals surface area contributed by atoms with Crippen LogP contribution in [0.2, 0.25) is 0 Å². The van der Waals surface area contributed by atoms with Crippen LogP contribution in [0.3, 0.4) is 0 Å². The van der Waals surface area contributed by atoms with Crippen molar-refractivity contribution in [3.05, 3.63) is 64.8 Å². The zero-order valence-electron chi connectivity index (χ0n) is 15.9. The predicted molar refractivity (Wildman–Crippen MR) is 105 cm³/mol. The molecule has 0 saturated carbocycles. The summed E-state index contributed by atoms with van der Waals surface area (Å²) in [5, 5.41) is 0.913. The number of benzene rings is 2. The van der Waals surface area contributed by atoms with E-state index in [9.17, 15) is 21.6 Å². The zero-order valence-corrected chi connectivity index (χ0v) is 16.7. The van der Waals surface area contributed by atoms with E-state index in [0.29, 0.717) is 18.7 Å². The van der Waals surface area contributed by atoms with Gasteiger partial charge in [-0.15, -0.1) is 0 Å². The highest BCUT2D eigenvalue weighted by Gasteiger charge is 2.32. The molecule has 0 radical (unpaired) electrons. The standard InChI is InChI=1S/C20H20F3N3O2S/c1-13-3-8-18-16(11-13)17-12-25(29(27,28)24-2)10-9-19(17)26(18)15-6-4-14(5-7-15)20(21,22)23/h3-8,11,24H,9-10,12H2,1-2H3. The molecule has 3 aromatic rings. The Morgan fingerprint density at radius 2 is 1.76 bits per heavy atom. The van der Waals surface area contributed by atoms with Gasteiger partial charge in [-0.1, -0.05) is 11.6 Å². The number of hydrogen-bond donors (Lipinski definition) is 1. The molecule has 2 heterocycles. The van der Waals surface area contributed by atoms with Crippen molar-refractivity contribution in [1.29, 1.82) is 0 Å². The summed E-state index contributed by atoms with van der Waals surface area (Å²) in [6.45, 7) is 2.46. The first-order valence-corrected chi connectivity index (χ1v) is 10.5. The molecule has 0 bridgehead atoms. The maximum Gasteiger partial charge on any atom is 0.416 e. The zero-order chi connectivity index (χ0) is 21.0. The molecule has 1 aromatic heterocycles. The smallest absolute Gasteiger partial charge is 0.313 e. The van der Waals surface area contributed by atoms with Crippen molar-refractivity contribution in [2.45, 2.75) is 26.1 Å². The molecular formula is C20H20F3N3O2S. The van der Waals surface area contributed by atoms with Crippen LogP contribution in [0.25, 0.3) is 16.6 Å². The van der Waals surface area contributed by atoms with Crippen LogP contribution in [0.5, 0.6) is 0 Å². The first-order valence-electron chi connectivity index (χ1n) is 9.11. The fourth-order valence-electron chi connectivity index (χ4n) is 3.88. The minimum atomic E-state index is -4.39. The van der Waals surface area contributed by atoms with E-state index in [1.54, 1.807) is 0 Å². The van der Waals surface area contributed by atoms with E-state index < -0.39 is 21.9 Å². The Morgan fingerprint density at radius 1 is 1.07 bits per heavy atom. The molecule has 2 aromatic carbocycles. The van der Waals surface area contributed by atoms with E-state index in [1.165, 1.54) is 23.5 Å². The van der Waals surface area contributed by atoms with Crippen LogP contribution in [0.15, 0.2) is 42.5 Å². The SMILES string of the molecule is CNS(=O)(=O)N1CCc2c(c3cc(C)ccc3n2-c2ccc(C(F)(F)F)cc2)C1. The van der Waals surface area contributed by atoms with Gasteiger partial charge in [-0.2, -0.15) is 25.9 Å². The summed E-state index contributed by atoms with van der Waals surface area (Å²) in [6.07, 6.45) is -3.93. The second kappa shape index (κ2) is 6.86. The average Bonchev–Trinajstić information content (AvgIpc) is 3.00. The van der Waals surface area contributed by atoms with Crippen LogP contribution in [-0.2, 0) is 29.4 Å². The highest BCUT2D eigenvalue weighted by molar-refractivity contribution is 7.87. The molecule has 0 aliphatic carbocycles. The monoisotopic (exact) mass is 423 g/mol. The summed E-state index contributed by atoms with van der Waals surface area (Å²) < 4.78 is 69.1. The van der Waals surface area contributed by atoms with Crippen molar-refractivity contribution >= 4 is 21.1 Å². The third-order valence-corrected chi connectivity index (χ3v) is 6.83. The lowest BCUT2D eigenvalue weighted by Gasteiger charge is -2.27. The van der Waals surface area contributed by atoms with E-state index in [2.05, 4.69) is 4.72 Å². The quantitative estimate of drug-likeness (QED) is 0.697. The van der Waals surface area contributed by atoms with E-state index in [0.717, 1.165) is 39.9 Å². The van der Waals surface area contributed by atoms with E-state index in [1.807, 2.05) is 29.7 Å². The number of aromatic nitrogens is 1. The summed E-state index contributed by atoms with van der Waals surface area (Å²) in [7, 11) is -2.20. The lowest BCUT2D eigenvalue weighted by atomic mass is 10.0. The summed E-state index contributed by atoms with van der Waals surface area (Å²) >= 11 is 0. The van der Waals surface area contributed by atoms with Gasteiger partial charge in [0.1, 0.15) is 0 Å². The molecule has 154 valence electrons. The number of fused-ring (bicyclic) bond motifs is 3. The Bertz CT molecular complexity index is 1180. The van der Waals surface area contributed by atoms with E-state index in [-0.39, 0.29) is 6.54 Å². The van der Waals surface area contributed by atoms with E-state index >= 15 is 0 Å². The van der Waals surface area contributed by atoms with Crippen LogP contribution in [-0.4, -0.2) is 30.9 Å². The van der Waals surface area contributed by atoms with Gasteiger partial charge in [0.05, 0.1) is 11.1 Å². The Morgan fingerprint density at radius 3 is 2.38 bits per heavy atom. The van der Waals surface area contributed by atoms with Crippen LogP contribution in [0.4, 0.5) is 13.2 Å². The summed E-state index contributed by atoms with van der Waals surface area (Å²) in [4.78, 5) is 0. The second-order valence-corrected chi connectivity index (χ2v) is 8.99. The molecule has 1 N–H and O–H groups in total. The van der Waals surface area contributed by atoms with Crippen LogP contribution < -0.4 is 4.72 Å². The number of nitrogens with zero attached hydrogens (tertiary/aromatic N) is 2. The second-order valence-electron chi connectivity index (χ2n) is 7.12. The van der Waals surface area contributed by atoms with Gasteiger partial charge < -0.3 is 4.57 Å². The maximum absolute atomic E-state index is 12.9. The molecule has 9 heteroatoms. The normalized spacial score (nSPS) is 15.6. The predicted octanol–water partition coefficient (Wildman–Crippen LogP) is 3.78. The molecule has 0 amide bonds. The average molecular weight is 423 g/mol. The van der Waals surface area contributed by atoms with Gasteiger partial charge in [0.15, 0.2) is 0 Å². The summed E-state index contributed by atoms with van der Waals surface area (Å²) in [6, 6.07) is 10.9. The van der Waals surface area contributed by atoms with Crippen LogP contribution in [0.1, 0.15) is 22.4 Å². The Hall–Kier alpha value is -2.36. The number of nitrogens with one attached hydrogen (secondary N) is 1. The van der Waals surface area contributed by atoms with Gasteiger partial charge in [0.25, 0.3) is 10.2 Å². The van der Waals surface area contributed by atoms with Crippen molar-refractivity contribution < 1.29 is 21.6 Å². The van der Waals surface area contributed by atoms with E-state index in [4.69, 9.17) is 0 Å². The van der Waals surface area contributed by atoms with Crippen LogP contribution >= 0.6 is 0 Å². The Labute approximate surface area is 166 Å². The molecule has 0 atom stereocenters. The molecule has 0 saturated heterocycles. The number of aryl methyl sites for hydroxylation is 1. The van der Waals surface area contributed by atoms with Crippen LogP contribution in [0, 0.1) is 6.92 Å². The number of halogens is 3. The summed E-state index contributed by atoms with van der Waals surface area (Å²) in [5.41, 5.74) is 3.61. The molecular weight excluding hydrogens is 403 g/mol. The first kappa shape index (κ1) is 19.9. The summed E-state index contributed by atoms with van der Waals surface area (Å²) in [5.74, 6) is 0. The van der Waals surface area contributed by atoms with Gasteiger partial charge in [-0.3, -0.25) is 0 Å². The third kappa shape index (κ3) is 3.43. The lowest BCUT2D eigenvalue weighted by molar-refractivity contribution is -0.137. The third-order valence-electron chi connectivity index (χ3n) is 5.32. The Kier molecular flexibility index (Phi) is 4.71. The number of hydrogen-bond acceptors (Lipinski definition) is 2. The van der Waals surface area contributed by atoms with Crippen molar-refractivity contribution in [3.8, 4) is 5.69 Å². The minimum Gasteiger partial charge on any atom is -0.313 e. The number of rotatable bonds is 3. The molecule has 4 rings (SSSR count). The topological polar surface area (TPSA) is 54.3 Å². The fourth-order valence-corrected chi connectivity index (χ4v) is 4.77. The van der Waals surface area contributed by atoms with Crippen molar-refractivity contribution in [2.75, 3.05) is 13.6 Å².